The molecule has 12 heteroatoms. The molecule has 190 valence electrons. The minimum atomic E-state index is -0.935. The molecule has 2 aromatic carbocycles. The molecule has 1 aliphatic heterocycles. The zero-order chi connectivity index (χ0) is 26.2. The van der Waals surface area contributed by atoms with Crippen LogP contribution in [0.15, 0.2) is 71.9 Å². The number of carbonyl (C=O) groups is 1. The standard InChI is InChI=1S/C26H21ClN8O3/c27-17-4-6-22(34-14-30-32-33-34)20(11-17)16-9-19-5-7-23(35(19)24(36)10-16)26-29-12-21(31-26)15-2-1-3-18(8-15)28-13-25(37)38/h1-4,6,8-12,14,23,28H,5,7,13H2,(H,29,31)(H,37,38)/t23-/m0/s1. The number of pyridine rings is 1. The van der Waals surface area contributed by atoms with Gasteiger partial charge in [-0.05, 0) is 65.2 Å². The second-order valence-electron chi connectivity index (χ2n) is 8.92. The number of tetrazole rings is 1. The summed E-state index contributed by atoms with van der Waals surface area (Å²) in [7, 11) is 0. The maximum absolute atomic E-state index is 13.4. The molecular formula is C26H21ClN8O3. The number of rotatable bonds is 7. The molecule has 0 saturated heterocycles. The number of carboxylic acids is 1. The van der Waals surface area contributed by atoms with Crippen LogP contribution in [-0.4, -0.2) is 52.4 Å². The van der Waals surface area contributed by atoms with Gasteiger partial charge in [-0.3, -0.25) is 9.59 Å². The van der Waals surface area contributed by atoms with E-state index in [9.17, 15) is 9.59 Å². The highest BCUT2D eigenvalue weighted by molar-refractivity contribution is 6.31. The summed E-state index contributed by atoms with van der Waals surface area (Å²) in [6, 6.07) is 16.2. The molecule has 1 atom stereocenters. The van der Waals surface area contributed by atoms with Crippen molar-refractivity contribution in [1.82, 2.24) is 34.7 Å². The second-order valence-corrected chi connectivity index (χ2v) is 9.36. The lowest BCUT2D eigenvalue weighted by Gasteiger charge is -2.15. The van der Waals surface area contributed by atoms with E-state index in [1.165, 1.54) is 11.0 Å². The molecule has 0 amide bonds. The van der Waals surface area contributed by atoms with Crippen LogP contribution >= 0.6 is 11.6 Å². The Hall–Kier alpha value is -4.77. The molecule has 0 saturated carbocycles. The molecule has 3 aromatic heterocycles. The lowest BCUT2D eigenvalue weighted by molar-refractivity contribution is -0.134. The highest BCUT2D eigenvalue weighted by Gasteiger charge is 2.28. The van der Waals surface area contributed by atoms with Gasteiger partial charge in [0.2, 0.25) is 0 Å². The van der Waals surface area contributed by atoms with Gasteiger partial charge in [-0.2, -0.15) is 4.68 Å². The number of aromatic amines is 1. The van der Waals surface area contributed by atoms with Crippen LogP contribution in [0.3, 0.4) is 0 Å². The largest absolute Gasteiger partial charge is 0.480 e. The van der Waals surface area contributed by atoms with Crippen molar-refractivity contribution in [3.8, 4) is 28.1 Å². The molecule has 5 aromatic rings. The van der Waals surface area contributed by atoms with Crippen LogP contribution in [0.4, 0.5) is 5.69 Å². The third-order valence-corrected chi connectivity index (χ3v) is 6.76. The fourth-order valence-corrected chi connectivity index (χ4v) is 5.02. The Bertz CT molecular complexity index is 1710. The summed E-state index contributed by atoms with van der Waals surface area (Å²) in [6.45, 7) is -0.173. The number of hydrogen-bond acceptors (Lipinski definition) is 7. The summed E-state index contributed by atoms with van der Waals surface area (Å²) in [6.07, 6.45) is 4.66. The molecule has 6 rings (SSSR count). The number of imidazole rings is 1. The smallest absolute Gasteiger partial charge is 0.322 e. The quantitative estimate of drug-likeness (QED) is 0.291. The Morgan fingerprint density at radius 2 is 2.05 bits per heavy atom. The van der Waals surface area contributed by atoms with Gasteiger partial charge in [0, 0.05) is 33.6 Å². The van der Waals surface area contributed by atoms with E-state index < -0.39 is 5.97 Å². The van der Waals surface area contributed by atoms with Gasteiger partial charge in [0.1, 0.15) is 18.7 Å². The fraction of sp³-hybridized carbons (Fsp3) is 0.154. The average molecular weight is 529 g/mol. The Labute approximate surface area is 220 Å². The monoisotopic (exact) mass is 528 g/mol. The van der Waals surface area contributed by atoms with Crippen molar-refractivity contribution in [2.45, 2.75) is 18.9 Å². The van der Waals surface area contributed by atoms with E-state index in [-0.39, 0.29) is 18.1 Å². The maximum atomic E-state index is 13.4. The lowest BCUT2D eigenvalue weighted by atomic mass is 10.0. The third-order valence-electron chi connectivity index (χ3n) is 6.53. The van der Waals surface area contributed by atoms with E-state index in [0.29, 0.717) is 28.6 Å². The van der Waals surface area contributed by atoms with Crippen LogP contribution in [0.2, 0.25) is 5.02 Å². The van der Waals surface area contributed by atoms with Crippen LogP contribution in [0.5, 0.6) is 0 Å². The van der Waals surface area contributed by atoms with Crippen molar-refractivity contribution in [3.63, 3.8) is 0 Å². The van der Waals surface area contributed by atoms with Crippen LogP contribution < -0.4 is 10.9 Å². The summed E-state index contributed by atoms with van der Waals surface area (Å²) >= 11 is 6.30. The number of aliphatic carboxylic acids is 1. The highest BCUT2D eigenvalue weighted by atomic mass is 35.5. The Kier molecular flexibility index (Phi) is 5.97. The number of benzene rings is 2. The van der Waals surface area contributed by atoms with Crippen molar-refractivity contribution < 1.29 is 9.90 Å². The van der Waals surface area contributed by atoms with Crippen molar-refractivity contribution in [3.05, 3.63) is 94.0 Å². The second kappa shape index (κ2) is 9.60. The van der Waals surface area contributed by atoms with Gasteiger partial charge >= 0.3 is 5.97 Å². The number of hydrogen-bond donors (Lipinski definition) is 3. The third kappa shape index (κ3) is 4.43. The van der Waals surface area contributed by atoms with Gasteiger partial charge in [0.15, 0.2) is 0 Å². The number of aryl methyl sites for hydroxylation is 1. The number of carboxylic acid groups (broad SMARTS) is 1. The Balaban J connectivity index is 1.32. The van der Waals surface area contributed by atoms with E-state index in [2.05, 4.69) is 30.8 Å². The van der Waals surface area contributed by atoms with Crippen molar-refractivity contribution in [1.29, 1.82) is 0 Å². The molecule has 0 bridgehead atoms. The van der Waals surface area contributed by atoms with E-state index in [1.807, 2.05) is 30.3 Å². The minimum Gasteiger partial charge on any atom is -0.480 e. The molecule has 1 aliphatic rings. The summed E-state index contributed by atoms with van der Waals surface area (Å²) in [5.41, 5.74) is 5.30. The zero-order valence-electron chi connectivity index (χ0n) is 19.9. The maximum Gasteiger partial charge on any atom is 0.322 e. The highest BCUT2D eigenvalue weighted by Crippen LogP contribution is 2.34. The Morgan fingerprint density at radius 1 is 1.16 bits per heavy atom. The van der Waals surface area contributed by atoms with E-state index >= 15 is 0 Å². The predicted molar refractivity (Wildman–Crippen MR) is 140 cm³/mol. The number of nitrogens with zero attached hydrogens (tertiary/aromatic N) is 6. The first-order valence-corrected chi connectivity index (χ1v) is 12.2. The molecule has 11 nitrogen and oxygen atoms in total. The van der Waals surface area contributed by atoms with E-state index in [4.69, 9.17) is 16.7 Å². The van der Waals surface area contributed by atoms with Crippen LogP contribution in [0.1, 0.15) is 24.0 Å². The predicted octanol–water partition coefficient (Wildman–Crippen LogP) is 3.57. The molecule has 0 fully saturated rings. The minimum absolute atomic E-state index is 0.138. The summed E-state index contributed by atoms with van der Waals surface area (Å²) in [5, 5.41) is 23.7. The zero-order valence-corrected chi connectivity index (χ0v) is 20.6. The number of H-pyrrole nitrogens is 1. The van der Waals surface area contributed by atoms with Crippen LogP contribution in [-0.2, 0) is 11.2 Å². The summed E-state index contributed by atoms with van der Waals surface area (Å²) in [4.78, 5) is 32.2. The van der Waals surface area contributed by atoms with Gasteiger partial charge in [-0.25, -0.2) is 4.98 Å². The Morgan fingerprint density at radius 3 is 2.87 bits per heavy atom. The number of anilines is 1. The molecule has 0 aliphatic carbocycles. The normalized spacial score (nSPS) is 14.4. The van der Waals surface area contributed by atoms with Crippen molar-refractivity contribution in [2.24, 2.45) is 0 Å². The molecular weight excluding hydrogens is 508 g/mol. The topological polar surface area (TPSA) is 144 Å². The summed E-state index contributed by atoms with van der Waals surface area (Å²) in [5.74, 6) is -0.246. The fourth-order valence-electron chi connectivity index (χ4n) is 4.85. The SMILES string of the molecule is O=C(O)CNc1cccc(-c2cnc([C@@H]3CCc4cc(-c5cc(Cl)ccc5-n5cnnn5)cc(=O)n43)[nH]2)c1. The number of nitrogens with one attached hydrogen (secondary N) is 2. The van der Waals surface area contributed by atoms with E-state index in [1.54, 1.807) is 35.0 Å². The summed E-state index contributed by atoms with van der Waals surface area (Å²) < 4.78 is 3.31. The van der Waals surface area contributed by atoms with Gasteiger partial charge in [-0.15, -0.1) is 5.10 Å². The number of fused-ring (bicyclic) bond motifs is 1. The van der Waals surface area contributed by atoms with Gasteiger partial charge < -0.3 is 20.0 Å². The van der Waals surface area contributed by atoms with E-state index in [0.717, 1.165) is 34.5 Å². The molecule has 0 spiro atoms. The van der Waals surface area contributed by atoms with Crippen molar-refractivity contribution in [2.75, 3.05) is 11.9 Å². The van der Waals surface area contributed by atoms with Gasteiger partial charge in [0.25, 0.3) is 5.56 Å². The number of halogens is 1. The van der Waals surface area contributed by atoms with Gasteiger partial charge in [-0.1, -0.05) is 23.7 Å². The molecule has 4 heterocycles. The average Bonchev–Trinajstić information content (AvgIpc) is 3.68. The lowest BCUT2D eigenvalue weighted by Crippen LogP contribution is -2.23. The first kappa shape index (κ1) is 23.6. The first-order chi connectivity index (χ1) is 18.5. The number of aromatic nitrogens is 7. The molecule has 0 unspecified atom stereocenters. The van der Waals surface area contributed by atoms with Crippen molar-refractivity contribution >= 4 is 23.3 Å². The molecule has 38 heavy (non-hydrogen) atoms. The molecule has 0 radical (unpaired) electrons. The first-order valence-electron chi connectivity index (χ1n) is 11.9. The van der Waals surface area contributed by atoms with Crippen LogP contribution in [0, 0.1) is 0 Å². The molecule has 3 N–H and O–H groups in total. The van der Waals surface area contributed by atoms with Gasteiger partial charge in [0.05, 0.1) is 23.6 Å². The van der Waals surface area contributed by atoms with Crippen LogP contribution in [0.25, 0.3) is 28.1 Å².